The van der Waals surface area contributed by atoms with Crippen molar-refractivity contribution in [2.24, 2.45) is 0 Å². The second-order valence-electron chi connectivity index (χ2n) is 6.29. The van der Waals surface area contributed by atoms with Crippen LogP contribution in [-0.4, -0.2) is 35.9 Å². The van der Waals surface area contributed by atoms with E-state index in [9.17, 15) is 0 Å². The number of rotatable bonds is 2. The number of hydrogen-bond donors (Lipinski definition) is 1. The summed E-state index contributed by atoms with van der Waals surface area (Å²) in [5, 5.41) is 3.47. The quantitative estimate of drug-likeness (QED) is 0.866. The molecule has 0 spiro atoms. The maximum Gasteiger partial charge on any atom is 0.0954 e. The SMILES string of the molecule is CC1(c2cncn2C2(C)CCCOC2)CCNC1. The smallest absolute Gasteiger partial charge is 0.0954 e. The summed E-state index contributed by atoms with van der Waals surface area (Å²) in [4.78, 5) is 4.41. The van der Waals surface area contributed by atoms with Gasteiger partial charge in [-0.25, -0.2) is 4.98 Å². The van der Waals surface area contributed by atoms with Gasteiger partial charge in [-0.05, 0) is 32.7 Å². The lowest BCUT2D eigenvalue weighted by molar-refractivity contribution is 0.00706. The first kappa shape index (κ1) is 12.2. The summed E-state index contributed by atoms with van der Waals surface area (Å²) in [5.41, 5.74) is 1.66. The molecule has 3 heterocycles. The molecule has 0 radical (unpaired) electrons. The van der Waals surface area contributed by atoms with Crippen LogP contribution in [-0.2, 0) is 15.7 Å². The Morgan fingerprint density at radius 3 is 2.94 bits per heavy atom. The number of hydrogen-bond acceptors (Lipinski definition) is 3. The molecule has 2 aliphatic rings. The van der Waals surface area contributed by atoms with Crippen LogP contribution >= 0.6 is 0 Å². The Hall–Kier alpha value is -0.870. The average molecular weight is 249 g/mol. The third kappa shape index (κ3) is 1.88. The van der Waals surface area contributed by atoms with Gasteiger partial charge in [-0.2, -0.15) is 0 Å². The summed E-state index contributed by atoms with van der Waals surface area (Å²) in [6.45, 7) is 8.50. The second-order valence-corrected chi connectivity index (χ2v) is 6.29. The number of nitrogens with zero attached hydrogens (tertiary/aromatic N) is 2. The maximum atomic E-state index is 5.70. The van der Waals surface area contributed by atoms with Gasteiger partial charge < -0.3 is 14.6 Å². The van der Waals surface area contributed by atoms with Crippen molar-refractivity contribution in [1.82, 2.24) is 14.9 Å². The summed E-state index contributed by atoms with van der Waals surface area (Å²) >= 11 is 0. The van der Waals surface area contributed by atoms with Gasteiger partial charge in [-0.1, -0.05) is 6.92 Å². The summed E-state index contributed by atoms with van der Waals surface area (Å²) in [6, 6.07) is 0. The molecule has 0 saturated carbocycles. The monoisotopic (exact) mass is 249 g/mol. The van der Waals surface area contributed by atoms with E-state index >= 15 is 0 Å². The summed E-state index contributed by atoms with van der Waals surface area (Å²) < 4.78 is 8.07. The van der Waals surface area contributed by atoms with Gasteiger partial charge >= 0.3 is 0 Å². The Balaban J connectivity index is 1.95. The predicted octanol–water partition coefficient (Wildman–Crippen LogP) is 1.66. The number of aromatic nitrogens is 2. The number of imidazole rings is 1. The van der Waals surface area contributed by atoms with Crippen LogP contribution in [0.15, 0.2) is 12.5 Å². The van der Waals surface area contributed by atoms with E-state index in [1.165, 1.54) is 18.5 Å². The highest BCUT2D eigenvalue weighted by Crippen LogP contribution is 2.35. The Labute approximate surface area is 109 Å². The van der Waals surface area contributed by atoms with E-state index in [4.69, 9.17) is 4.74 Å². The van der Waals surface area contributed by atoms with Crippen LogP contribution in [0.5, 0.6) is 0 Å². The minimum absolute atomic E-state index is 0.0791. The van der Waals surface area contributed by atoms with Crippen LogP contribution in [0.4, 0.5) is 0 Å². The van der Waals surface area contributed by atoms with Crippen LogP contribution in [0, 0.1) is 0 Å². The first-order valence-electron chi connectivity index (χ1n) is 6.96. The molecule has 2 fully saturated rings. The van der Waals surface area contributed by atoms with Gasteiger partial charge in [0.15, 0.2) is 0 Å². The van der Waals surface area contributed by atoms with Gasteiger partial charge in [0.2, 0.25) is 0 Å². The lowest BCUT2D eigenvalue weighted by atomic mass is 9.84. The van der Waals surface area contributed by atoms with Crippen molar-refractivity contribution < 1.29 is 4.74 Å². The van der Waals surface area contributed by atoms with Crippen molar-refractivity contribution in [2.45, 2.75) is 44.1 Å². The fourth-order valence-electron chi connectivity index (χ4n) is 3.32. The molecular weight excluding hydrogens is 226 g/mol. The molecule has 0 bridgehead atoms. The Morgan fingerprint density at radius 2 is 2.28 bits per heavy atom. The third-order valence-corrected chi connectivity index (χ3v) is 4.62. The topological polar surface area (TPSA) is 39.1 Å². The highest BCUT2D eigenvalue weighted by Gasteiger charge is 2.38. The van der Waals surface area contributed by atoms with E-state index in [1.54, 1.807) is 0 Å². The van der Waals surface area contributed by atoms with Crippen molar-refractivity contribution in [3.63, 3.8) is 0 Å². The highest BCUT2D eigenvalue weighted by atomic mass is 16.5. The van der Waals surface area contributed by atoms with Crippen molar-refractivity contribution in [3.05, 3.63) is 18.2 Å². The van der Waals surface area contributed by atoms with E-state index < -0.39 is 0 Å². The zero-order valence-corrected chi connectivity index (χ0v) is 11.4. The van der Waals surface area contributed by atoms with E-state index in [-0.39, 0.29) is 11.0 Å². The largest absolute Gasteiger partial charge is 0.379 e. The molecule has 1 N–H and O–H groups in total. The highest BCUT2D eigenvalue weighted by molar-refractivity contribution is 5.19. The van der Waals surface area contributed by atoms with Gasteiger partial charge in [0.05, 0.1) is 18.5 Å². The Morgan fingerprint density at radius 1 is 1.39 bits per heavy atom. The molecule has 0 amide bonds. The molecule has 1 aromatic rings. The minimum atomic E-state index is 0.0791. The zero-order chi connectivity index (χ0) is 12.6. The first-order chi connectivity index (χ1) is 8.64. The number of nitrogens with one attached hydrogen (secondary N) is 1. The standard InChI is InChI=1S/C14H23N3O/c1-13(5-6-15-9-13)12-8-16-11-17(12)14(2)4-3-7-18-10-14/h8,11,15H,3-7,9-10H2,1-2H3. The van der Waals surface area contributed by atoms with Crippen LogP contribution < -0.4 is 5.32 Å². The fourth-order valence-corrected chi connectivity index (χ4v) is 3.32. The van der Waals surface area contributed by atoms with Gasteiger partial charge in [0, 0.05) is 30.5 Å². The van der Waals surface area contributed by atoms with Crippen molar-refractivity contribution >= 4 is 0 Å². The molecule has 0 aliphatic carbocycles. The van der Waals surface area contributed by atoms with Crippen LogP contribution in [0.25, 0.3) is 0 Å². The molecule has 4 nitrogen and oxygen atoms in total. The lowest BCUT2D eigenvalue weighted by Gasteiger charge is -2.38. The Kier molecular flexibility index (Phi) is 2.94. The normalized spacial score (nSPS) is 37.0. The molecule has 2 unspecified atom stereocenters. The van der Waals surface area contributed by atoms with Crippen molar-refractivity contribution in [1.29, 1.82) is 0 Å². The van der Waals surface area contributed by atoms with Gasteiger partial charge in [-0.15, -0.1) is 0 Å². The molecule has 3 rings (SSSR count). The molecule has 18 heavy (non-hydrogen) atoms. The van der Waals surface area contributed by atoms with E-state index in [1.807, 2.05) is 12.5 Å². The molecule has 2 saturated heterocycles. The lowest BCUT2D eigenvalue weighted by Crippen LogP contribution is -2.42. The molecule has 2 aliphatic heterocycles. The second kappa shape index (κ2) is 4.35. The summed E-state index contributed by atoms with van der Waals surface area (Å²) in [7, 11) is 0. The minimum Gasteiger partial charge on any atom is -0.379 e. The van der Waals surface area contributed by atoms with E-state index in [2.05, 4.69) is 28.7 Å². The van der Waals surface area contributed by atoms with Gasteiger partial charge in [-0.3, -0.25) is 0 Å². The summed E-state index contributed by atoms with van der Waals surface area (Å²) in [5.74, 6) is 0. The first-order valence-corrected chi connectivity index (χ1v) is 6.96. The molecule has 1 aromatic heterocycles. The van der Waals surface area contributed by atoms with Crippen molar-refractivity contribution in [3.8, 4) is 0 Å². The molecule has 0 aromatic carbocycles. The van der Waals surface area contributed by atoms with E-state index in [0.29, 0.717) is 0 Å². The van der Waals surface area contributed by atoms with Crippen LogP contribution in [0.3, 0.4) is 0 Å². The third-order valence-electron chi connectivity index (χ3n) is 4.62. The zero-order valence-electron chi connectivity index (χ0n) is 11.4. The maximum absolute atomic E-state index is 5.70. The van der Waals surface area contributed by atoms with Gasteiger partial charge in [0.25, 0.3) is 0 Å². The predicted molar refractivity (Wildman–Crippen MR) is 70.8 cm³/mol. The van der Waals surface area contributed by atoms with Gasteiger partial charge in [0.1, 0.15) is 0 Å². The van der Waals surface area contributed by atoms with Crippen molar-refractivity contribution in [2.75, 3.05) is 26.3 Å². The van der Waals surface area contributed by atoms with Crippen LogP contribution in [0.2, 0.25) is 0 Å². The molecule has 2 atom stereocenters. The fraction of sp³-hybridized carbons (Fsp3) is 0.786. The summed E-state index contributed by atoms with van der Waals surface area (Å²) in [6.07, 6.45) is 7.55. The van der Waals surface area contributed by atoms with Crippen LogP contribution in [0.1, 0.15) is 38.8 Å². The molecular formula is C14H23N3O. The molecule has 100 valence electrons. The Bertz CT molecular complexity index is 414. The number of ether oxygens (including phenoxy) is 1. The average Bonchev–Trinajstić information content (AvgIpc) is 2.99. The van der Waals surface area contributed by atoms with E-state index in [0.717, 1.165) is 32.7 Å². The molecule has 4 heteroatoms.